The Morgan fingerprint density at radius 2 is 2.00 bits per heavy atom. The van der Waals surface area contributed by atoms with Crippen molar-refractivity contribution in [3.63, 3.8) is 0 Å². The molecule has 4 nitrogen and oxygen atoms in total. The number of nitrogens with zero attached hydrogens (tertiary/aromatic N) is 3. The quantitative estimate of drug-likeness (QED) is 0.529. The number of aromatic nitrogens is 2. The van der Waals surface area contributed by atoms with E-state index in [1.807, 2.05) is 43.5 Å². The number of thioether (sulfide) groups is 1. The monoisotopic (exact) mass is 294 g/mol. The minimum atomic E-state index is 0.436. The average Bonchev–Trinajstić information content (AvgIpc) is 2.38. The molecule has 0 fully saturated rings. The molecule has 2 rings (SSSR count). The summed E-state index contributed by atoms with van der Waals surface area (Å²) in [4.78, 5) is 10.5. The molecule has 0 bridgehead atoms. The first-order chi connectivity index (χ1) is 9.08. The fraction of sp³-hybridized carbons (Fsp3) is 0.231. The van der Waals surface area contributed by atoms with Crippen LogP contribution >= 0.6 is 23.4 Å². The molecule has 0 spiro atoms. The van der Waals surface area contributed by atoms with Crippen LogP contribution in [0.1, 0.15) is 0 Å². The van der Waals surface area contributed by atoms with Crippen LogP contribution in [0.3, 0.4) is 0 Å². The zero-order chi connectivity index (χ0) is 13.8. The van der Waals surface area contributed by atoms with E-state index in [1.165, 1.54) is 11.8 Å². The molecular weight excluding hydrogens is 280 g/mol. The number of benzene rings is 1. The molecule has 0 atom stereocenters. The van der Waals surface area contributed by atoms with Gasteiger partial charge in [0.2, 0.25) is 0 Å². The van der Waals surface area contributed by atoms with E-state index < -0.39 is 0 Å². The first-order valence-electron chi connectivity index (χ1n) is 5.71. The summed E-state index contributed by atoms with van der Waals surface area (Å²) >= 11 is 7.42. The fourth-order valence-electron chi connectivity index (χ4n) is 1.56. The summed E-state index contributed by atoms with van der Waals surface area (Å²) in [6, 6.07) is 9.79. The van der Waals surface area contributed by atoms with Crippen LogP contribution in [-0.4, -0.2) is 30.3 Å². The molecular formula is C13H15ClN4S. The summed E-state index contributed by atoms with van der Waals surface area (Å²) in [6.07, 6.45) is 1.92. The van der Waals surface area contributed by atoms with Gasteiger partial charge in [0, 0.05) is 31.5 Å². The molecule has 6 heteroatoms. The van der Waals surface area contributed by atoms with Gasteiger partial charge in [-0.15, -0.1) is 0 Å². The Morgan fingerprint density at radius 3 is 2.68 bits per heavy atom. The number of halogens is 1. The van der Waals surface area contributed by atoms with Gasteiger partial charge in [-0.05, 0) is 24.5 Å². The minimum absolute atomic E-state index is 0.436. The van der Waals surface area contributed by atoms with E-state index in [4.69, 9.17) is 11.6 Å². The van der Waals surface area contributed by atoms with Gasteiger partial charge in [0.25, 0.3) is 0 Å². The Hall–Kier alpha value is -1.46. The Labute approximate surface area is 122 Å². The van der Waals surface area contributed by atoms with E-state index in [0.29, 0.717) is 16.1 Å². The van der Waals surface area contributed by atoms with Gasteiger partial charge in [0.05, 0.1) is 0 Å². The van der Waals surface area contributed by atoms with Gasteiger partial charge >= 0.3 is 0 Å². The maximum atomic E-state index is 5.96. The molecule has 0 aliphatic rings. The second kappa shape index (κ2) is 6.12. The maximum Gasteiger partial charge on any atom is 0.190 e. The highest BCUT2D eigenvalue weighted by Crippen LogP contribution is 2.23. The van der Waals surface area contributed by atoms with E-state index in [2.05, 4.69) is 21.4 Å². The van der Waals surface area contributed by atoms with Crippen LogP contribution < -0.4 is 10.2 Å². The van der Waals surface area contributed by atoms with Crippen molar-refractivity contribution in [3.8, 4) is 0 Å². The van der Waals surface area contributed by atoms with E-state index in [1.54, 1.807) is 6.07 Å². The zero-order valence-electron chi connectivity index (χ0n) is 11.0. The number of anilines is 3. The topological polar surface area (TPSA) is 41.1 Å². The van der Waals surface area contributed by atoms with Gasteiger partial charge in [-0.2, -0.15) is 0 Å². The molecule has 1 aromatic heterocycles. The predicted octanol–water partition coefficient (Wildman–Crippen LogP) is 3.66. The van der Waals surface area contributed by atoms with Crippen LogP contribution in [0.15, 0.2) is 35.5 Å². The van der Waals surface area contributed by atoms with Gasteiger partial charge in [-0.1, -0.05) is 29.4 Å². The highest BCUT2D eigenvalue weighted by atomic mass is 35.5. The highest BCUT2D eigenvalue weighted by molar-refractivity contribution is 7.98. The van der Waals surface area contributed by atoms with Gasteiger partial charge in [-0.25, -0.2) is 9.97 Å². The van der Waals surface area contributed by atoms with E-state index in [-0.39, 0.29) is 0 Å². The third kappa shape index (κ3) is 3.75. The smallest absolute Gasteiger partial charge is 0.190 e. The average molecular weight is 295 g/mol. The summed E-state index contributed by atoms with van der Waals surface area (Å²) < 4.78 is 0. The third-order valence-electron chi connectivity index (χ3n) is 2.49. The van der Waals surface area contributed by atoms with Crippen LogP contribution in [-0.2, 0) is 0 Å². The molecule has 0 aliphatic carbocycles. The van der Waals surface area contributed by atoms with Crippen LogP contribution in [0.25, 0.3) is 0 Å². The van der Waals surface area contributed by atoms with E-state index >= 15 is 0 Å². The van der Waals surface area contributed by atoms with Crippen molar-refractivity contribution in [2.45, 2.75) is 5.16 Å². The third-order valence-corrected chi connectivity index (χ3v) is 3.23. The normalized spacial score (nSPS) is 10.3. The molecule has 1 heterocycles. The number of hydrogen-bond donors (Lipinski definition) is 1. The second-order valence-electron chi connectivity index (χ2n) is 4.13. The Morgan fingerprint density at radius 1 is 1.21 bits per heavy atom. The molecule has 19 heavy (non-hydrogen) atoms. The number of rotatable bonds is 4. The summed E-state index contributed by atoms with van der Waals surface area (Å²) in [5.41, 5.74) is 2.09. The molecule has 0 aliphatic heterocycles. The van der Waals surface area contributed by atoms with Gasteiger partial charge in [-0.3, -0.25) is 0 Å². The molecule has 0 radical (unpaired) electrons. The van der Waals surface area contributed by atoms with Crippen molar-refractivity contribution < 1.29 is 0 Å². The second-order valence-corrected chi connectivity index (χ2v) is 5.29. The van der Waals surface area contributed by atoms with Crippen molar-refractivity contribution in [3.05, 3.63) is 35.5 Å². The minimum Gasteiger partial charge on any atom is -0.378 e. The first kappa shape index (κ1) is 14.0. The molecule has 100 valence electrons. The van der Waals surface area contributed by atoms with Crippen molar-refractivity contribution in [2.24, 2.45) is 0 Å². The molecule has 1 aromatic carbocycles. The van der Waals surface area contributed by atoms with Gasteiger partial charge < -0.3 is 10.2 Å². The highest BCUT2D eigenvalue weighted by Gasteiger charge is 2.04. The van der Waals surface area contributed by atoms with Crippen LogP contribution in [0.2, 0.25) is 5.15 Å². The van der Waals surface area contributed by atoms with Crippen molar-refractivity contribution in [1.29, 1.82) is 0 Å². The molecule has 0 unspecified atom stereocenters. The molecule has 1 N–H and O–H groups in total. The first-order valence-corrected chi connectivity index (χ1v) is 7.32. The van der Waals surface area contributed by atoms with Crippen molar-refractivity contribution >= 4 is 40.6 Å². The molecule has 0 saturated heterocycles. The van der Waals surface area contributed by atoms with Crippen molar-refractivity contribution in [2.75, 3.05) is 30.6 Å². The SMILES string of the molecule is CSc1nc(Cl)cc(Nc2cccc(N(C)C)c2)n1. The standard InChI is InChI=1S/C13H15ClN4S/c1-18(2)10-6-4-5-9(7-10)15-12-8-11(14)16-13(17-12)19-3/h4-8H,1-3H3,(H,15,16,17). The number of hydrogen-bond acceptors (Lipinski definition) is 5. The lowest BCUT2D eigenvalue weighted by molar-refractivity contribution is 0.976. The van der Waals surface area contributed by atoms with Gasteiger partial charge in [0.1, 0.15) is 11.0 Å². The van der Waals surface area contributed by atoms with Crippen LogP contribution in [0.5, 0.6) is 0 Å². The van der Waals surface area contributed by atoms with Crippen LogP contribution in [0.4, 0.5) is 17.2 Å². The Kier molecular flexibility index (Phi) is 4.50. The summed E-state index contributed by atoms with van der Waals surface area (Å²) in [5.74, 6) is 0.695. The lowest BCUT2D eigenvalue weighted by Gasteiger charge is -2.14. The Balaban J connectivity index is 2.25. The zero-order valence-corrected chi connectivity index (χ0v) is 12.6. The lowest BCUT2D eigenvalue weighted by atomic mass is 10.2. The molecule has 0 amide bonds. The number of nitrogens with one attached hydrogen (secondary N) is 1. The maximum absolute atomic E-state index is 5.96. The van der Waals surface area contributed by atoms with Gasteiger partial charge in [0.15, 0.2) is 5.16 Å². The van der Waals surface area contributed by atoms with Crippen LogP contribution in [0, 0.1) is 0 Å². The molecule has 2 aromatic rings. The predicted molar refractivity (Wildman–Crippen MR) is 82.9 cm³/mol. The van der Waals surface area contributed by atoms with E-state index in [9.17, 15) is 0 Å². The van der Waals surface area contributed by atoms with E-state index in [0.717, 1.165) is 11.4 Å². The lowest BCUT2D eigenvalue weighted by Crippen LogP contribution is -2.08. The summed E-state index contributed by atoms with van der Waals surface area (Å²) in [5, 5.41) is 4.33. The summed E-state index contributed by atoms with van der Waals surface area (Å²) in [7, 11) is 4.01. The molecule has 0 saturated carbocycles. The summed E-state index contributed by atoms with van der Waals surface area (Å²) in [6.45, 7) is 0. The fourth-order valence-corrected chi connectivity index (χ4v) is 2.17. The Bertz CT molecular complexity index is 574. The van der Waals surface area contributed by atoms with Crippen molar-refractivity contribution in [1.82, 2.24) is 9.97 Å². The largest absolute Gasteiger partial charge is 0.378 e.